The number of hydrogen-bond acceptors (Lipinski definition) is 6. The second-order valence-electron chi connectivity index (χ2n) is 6.70. The van der Waals surface area contributed by atoms with Gasteiger partial charge in [-0.05, 0) is 67.4 Å². The summed E-state index contributed by atoms with van der Waals surface area (Å²) in [5.74, 6) is -0.542. The van der Waals surface area contributed by atoms with Crippen molar-refractivity contribution in [3.63, 3.8) is 0 Å². The van der Waals surface area contributed by atoms with Crippen molar-refractivity contribution < 1.29 is 24.2 Å². The normalized spacial score (nSPS) is 16.9. The number of rotatable bonds is 8. The summed E-state index contributed by atoms with van der Waals surface area (Å²) in [4.78, 5) is 28.6. The van der Waals surface area contributed by atoms with Gasteiger partial charge in [-0.1, -0.05) is 31.2 Å². The molecular weight excluding hydrogens is 416 g/mol. The van der Waals surface area contributed by atoms with E-state index in [1.165, 1.54) is 18.7 Å². The molecule has 1 fully saturated rings. The first-order chi connectivity index (χ1) is 14.9. The summed E-state index contributed by atoms with van der Waals surface area (Å²) >= 11 is 1.27. The minimum atomic E-state index is -1.07. The molecule has 2 N–H and O–H groups in total. The number of aryl methyl sites for hydroxylation is 1. The summed E-state index contributed by atoms with van der Waals surface area (Å²) < 4.78 is 11.1. The highest BCUT2D eigenvalue weighted by atomic mass is 32.2. The maximum absolute atomic E-state index is 12.4. The number of nitrogens with one attached hydrogen (secondary N) is 1. The molecule has 1 heterocycles. The van der Waals surface area contributed by atoms with Crippen molar-refractivity contribution in [1.82, 2.24) is 5.32 Å². The van der Waals surface area contributed by atoms with E-state index in [0.29, 0.717) is 28.2 Å². The van der Waals surface area contributed by atoms with Gasteiger partial charge in [0.05, 0.1) is 17.2 Å². The van der Waals surface area contributed by atoms with Crippen molar-refractivity contribution in [3.8, 4) is 11.5 Å². The molecule has 0 saturated carbocycles. The lowest BCUT2D eigenvalue weighted by atomic mass is 10.1. The number of carboxylic acids is 1. The highest BCUT2D eigenvalue weighted by Gasteiger charge is 2.24. The minimum absolute atomic E-state index is 0.226. The van der Waals surface area contributed by atoms with Gasteiger partial charge in [0.2, 0.25) is 0 Å². The van der Waals surface area contributed by atoms with Crippen LogP contribution in [0.25, 0.3) is 6.08 Å². The first kappa shape index (κ1) is 22.4. The van der Waals surface area contributed by atoms with Gasteiger partial charge >= 0.3 is 5.97 Å². The Bertz CT molecular complexity index is 1050. The van der Waals surface area contributed by atoms with Gasteiger partial charge in [-0.3, -0.25) is 4.79 Å². The van der Waals surface area contributed by atoms with Gasteiger partial charge in [0.15, 0.2) is 22.8 Å². The molecule has 7 nitrogen and oxygen atoms in total. The topological polar surface area (TPSA) is 97.2 Å². The van der Waals surface area contributed by atoms with E-state index in [1.807, 2.05) is 31.2 Å². The van der Waals surface area contributed by atoms with Gasteiger partial charge in [-0.25, -0.2) is 9.79 Å². The van der Waals surface area contributed by atoms with Gasteiger partial charge in [0.1, 0.15) is 0 Å². The Hall–Kier alpha value is -3.26. The number of amides is 1. The lowest BCUT2D eigenvalue weighted by molar-refractivity contribution is -0.144. The second-order valence-corrected chi connectivity index (χ2v) is 7.73. The molecule has 31 heavy (non-hydrogen) atoms. The van der Waals surface area contributed by atoms with E-state index in [2.05, 4.69) is 17.2 Å². The number of aliphatic imine (C=N–C) groups is 1. The zero-order valence-electron chi connectivity index (χ0n) is 17.5. The molecule has 1 saturated heterocycles. The molecule has 1 aliphatic heterocycles. The van der Waals surface area contributed by atoms with Crippen LogP contribution in [-0.2, 0) is 16.0 Å². The van der Waals surface area contributed by atoms with Crippen LogP contribution in [0.15, 0.2) is 52.4 Å². The number of amidine groups is 1. The van der Waals surface area contributed by atoms with E-state index < -0.39 is 12.1 Å². The average molecular weight is 441 g/mol. The van der Waals surface area contributed by atoms with Crippen LogP contribution in [0.1, 0.15) is 31.9 Å². The molecule has 0 spiro atoms. The first-order valence-corrected chi connectivity index (χ1v) is 10.8. The van der Waals surface area contributed by atoms with Crippen molar-refractivity contribution in [2.45, 2.75) is 33.3 Å². The summed E-state index contributed by atoms with van der Waals surface area (Å²) in [5.41, 5.74) is 2.67. The van der Waals surface area contributed by atoms with E-state index in [9.17, 15) is 9.59 Å². The van der Waals surface area contributed by atoms with Crippen LogP contribution in [0.3, 0.4) is 0 Å². The maximum atomic E-state index is 12.4. The number of benzene rings is 2. The van der Waals surface area contributed by atoms with Crippen LogP contribution in [0, 0.1) is 0 Å². The quantitative estimate of drug-likeness (QED) is 0.591. The van der Waals surface area contributed by atoms with Crippen LogP contribution in [0.5, 0.6) is 11.5 Å². The Balaban J connectivity index is 1.84. The van der Waals surface area contributed by atoms with Crippen molar-refractivity contribution >= 4 is 40.6 Å². The third-order valence-electron chi connectivity index (χ3n) is 4.46. The number of hydrogen-bond donors (Lipinski definition) is 2. The number of para-hydroxylation sites is 1. The van der Waals surface area contributed by atoms with Crippen LogP contribution >= 0.6 is 11.8 Å². The monoisotopic (exact) mass is 440 g/mol. The van der Waals surface area contributed by atoms with Gasteiger partial charge in [-0.15, -0.1) is 0 Å². The summed E-state index contributed by atoms with van der Waals surface area (Å²) in [6.45, 7) is 5.73. The molecule has 0 bridgehead atoms. The zero-order chi connectivity index (χ0) is 22.4. The van der Waals surface area contributed by atoms with Crippen LogP contribution in [-0.4, -0.2) is 34.9 Å². The Morgan fingerprint density at radius 3 is 2.71 bits per heavy atom. The van der Waals surface area contributed by atoms with Crippen molar-refractivity contribution in [1.29, 1.82) is 0 Å². The van der Waals surface area contributed by atoms with E-state index in [1.54, 1.807) is 24.3 Å². The number of carboxylic acid groups (broad SMARTS) is 1. The second kappa shape index (κ2) is 10.2. The fraction of sp³-hybridized carbons (Fsp3) is 0.261. The number of carbonyl (C=O) groups excluding carboxylic acids is 1. The van der Waals surface area contributed by atoms with Gasteiger partial charge in [0.25, 0.3) is 5.91 Å². The third-order valence-corrected chi connectivity index (χ3v) is 5.37. The van der Waals surface area contributed by atoms with E-state index >= 15 is 0 Å². The molecule has 2 aromatic carbocycles. The van der Waals surface area contributed by atoms with E-state index in [0.717, 1.165) is 23.2 Å². The molecule has 0 radical (unpaired) electrons. The fourth-order valence-electron chi connectivity index (χ4n) is 2.88. The van der Waals surface area contributed by atoms with Crippen molar-refractivity contribution in [2.75, 3.05) is 6.61 Å². The van der Waals surface area contributed by atoms with Crippen LogP contribution < -0.4 is 14.8 Å². The molecule has 8 heteroatoms. The standard InChI is InChI=1S/C23H24N2O5S/c1-4-16-8-6-7-9-17(16)24-23-25-21(26)20(31-23)13-15-10-11-18(19(12-15)29-5-2)30-14(3)22(27)28/h6-14H,4-5H2,1-3H3,(H,27,28)(H,24,25,26)/b20-13+. The lowest BCUT2D eigenvalue weighted by Gasteiger charge is -2.15. The number of ether oxygens (including phenoxy) is 2. The molecule has 2 aromatic rings. The molecular formula is C23H24N2O5S. The number of aliphatic carboxylic acids is 1. The summed E-state index contributed by atoms with van der Waals surface area (Å²) in [7, 11) is 0. The fourth-order valence-corrected chi connectivity index (χ4v) is 3.72. The third kappa shape index (κ3) is 5.67. The van der Waals surface area contributed by atoms with Gasteiger partial charge in [0, 0.05) is 0 Å². The largest absolute Gasteiger partial charge is 0.490 e. The average Bonchev–Trinajstić information content (AvgIpc) is 3.09. The highest BCUT2D eigenvalue weighted by molar-refractivity contribution is 8.18. The molecule has 1 unspecified atom stereocenters. The molecule has 3 rings (SSSR count). The SMILES string of the molecule is CCOc1cc(/C=C2/SC(=Nc3ccccc3CC)NC2=O)ccc1OC(C)C(=O)O. The van der Waals surface area contributed by atoms with Gasteiger partial charge < -0.3 is 19.9 Å². The molecule has 0 aliphatic carbocycles. The van der Waals surface area contributed by atoms with Crippen LogP contribution in [0.4, 0.5) is 5.69 Å². The van der Waals surface area contributed by atoms with E-state index in [4.69, 9.17) is 14.6 Å². The van der Waals surface area contributed by atoms with Crippen molar-refractivity contribution in [3.05, 3.63) is 58.5 Å². The minimum Gasteiger partial charge on any atom is -0.490 e. The number of carbonyl (C=O) groups is 2. The number of nitrogens with zero attached hydrogens (tertiary/aromatic N) is 1. The predicted octanol–water partition coefficient (Wildman–Crippen LogP) is 4.39. The number of thioether (sulfide) groups is 1. The molecule has 1 amide bonds. The lowest BCUT2D eigenvalue weighted by Crippen LogP contribution is -2.23. The molecule has 0 aromatic heterocycles. The highest BCUT2D eigenvalue weighted by Crippen LogP contribution is 2.33. The summed E-state index contributed by atoms with van der Waals surface area (Å²) in [5, 5.41) is 12.4. The Morgan fingerprint density at radius 2 is 2.00 bits per heavy atom. The predicted molar refractivity (Wildman–Crippen MR) is 122 cm³/mol. The summed E-state index contributed by atoms with van der Waals surface area (Å²) in [6.07, 6.45) is 1.58. The van der Waals surface area contributed by atoms with Gasteiger partial charge in [-0.2, -0.15) is 0 Å². The summed E-state index contributed by atoms with van der Waals surface area (Å²) in [6, 6.07) is 12.9. The van der Waals surface area contributed by atoms with Crippen molar-refractivity contribution in [2.24, 2.45) is 4.99 Å². The molecule has 1 aliphatic rings. The van der Waals surface area contributed by atoms with Crippen LogP contribution in [0.2, 0.25) is 0 Å². The smallest absolute Gasteiger partial charge is 0.344 e. The Labute approximate surface area is 185 Å². The molecule has 1 atom stereocenters. The maximum Gasteiger partial charge on any atom is 0.344 e. The molecule has 162 valence electrons. The van der Waals surface area contributed by atoms with E-state index in [-0.39, 0.29) is 5.91 Å². The first-order valence-electron chi connectivity index (χ1n) is 9.95. The Kier molecular flexibility index (Phi) is 7.36. The Morgan fingerprint density at radius 1 is 1.23 bits per heavy atom. The zero-order valence-corrected chi connectivity index (χ0v) is 18.4.